The van der Waals surface area contributed by atoms with Crippen molar-refractivity contribution in [3.05, 3.63) is 176 Å². The van der Waals surface area contributed by atoms with E-state index in [0.29, 0.717) is 32.6 Å². The average molecular weight is 853 g/mol. The predicted octanol–water partition coefficient (Wildman–Crippen LogP) is 12.4. The lowest BCUT2D eigenvalue weighted by Gasteiger charge is -2.10. The number of nitrogens with one attached hydrogen (secondary N) is 2. The molecular formula is C42H28Cl4F2N2O7. The number of halogens is 6. The molecule has 3 N–H and O–H groups in total. The van der Waals surface area contributed by atoms with E-state index in [1.807, 2.05) is 6.07 Å². The Labute approximate surface area is 344 Å². The maximum Gasteiger partial charge on any atom is 0.303 e. The molecule has 0 radical (unpaired) electrons. The summed E-state index contributed by atoms with van der Waals surface area (Å²) in [5.74, 6) is -2.78. The van der Waals surface area contributed by atoms with Crippen molar-refractivity contribution >= 4 is 81.3 Å². The fourth-order valence-corrected chi connectivity index (χ4v) is 5.42. The van der Waals surface area contributed by atoms with Gasteiger partial charge in [0.1, 0.15) is 11.5 Å². The molecule has 0 fully saturated rings. The molecule has 0 unspecified atom stereocenters. The third kappa shape index (κ3) is 12.3. The molecule has 0 saturated carbocycles. The fraction of sp³-hybridized carbons (Fsp3) is 0.0476. The van der Waals surface area contributed by atoms with Crippen molar-refractivity contribution < 1.29 is 42.5 Å². The molecule has 0 bridgehead atoms. The van der Waals surface area contributed by atoms with E-state index < -0.39 is 29.4 Å². The summed E-state index contributed by atoms with van der Waals surface area (Å²) in [6.07, 6.45) is -0.365. The number of ether oxygens (including phenoxy) is 2. The SMILES string of the molecule is O=C(Nc1ccc(Oc2ccccc2)c(F)c1)c1ccc(Cl)c(Cl)c1.O=C(O)CCC(=O)c1ccc(Oc2ccc(NC(=O)c3ccc(Cl)c(Cl)c3)cc2F)cc1. The van der Waals surface area contributed by atoms with Gasteiger partial charge in [0.05, 0.1) is 26.5 Å². The smallest absolute Gasteiger partial charge is 0.303 e. The minimum atomic E-state index is -1.05. The second kappa shape index (κ2) is 19.7. The van der Waals surface area contributed by atoms with E-state index in [1.165, 1.54) is 84.9 Å². The van der Waals surface area contributed by atoms with Gasteiger partial charge in [0, 0.05) is 46.6 Å². The van der Waals surface area contributed by atoms with Crippen LogP contribution in [0.1, 0.15) is 43.9 Å². The molecule has 0 aliphatic heterocycles. The van der Waals surface area contributed by atoms with Crippen molar-refractivity contribution in [1.29, 1.82) is 0 Å². The summed E-state index contributed by atoms with van der Waals surface area (Å²) in [6, 6.07) is 31.8. The molecule has 6 aromatic rings. The number of carboxylic acids is 1. The first-order valence-electron chi connectivity index (χ1n) is 16.6. The summed E-state index contributed by atoms with van der Waals surface area (Å²) in [5.41, 5.74) is 1.43. The van der Waals surface area contributed by atoms with Gasteiger partial charge in [-0.25, -0.2) is 8.78 Å². The van der Waals surface area contributed by atoms with Crippen molar-refractivity contribution in [2.75, 3.05) is 10.6 Å². The molecule has 6 rings (SSSR count). The summed E-state index contributed by atoms with van der Waals surface area (Å²) >= 11 is 23.5. The predicted molar refractivity (Wildman–Crippen MR) is 216 cm³/mol. The molecule has 6 aromatic carbocycles. The highest BCUT2D eigenvalue weighted by Gasteiger charge is 2.14. The van der Waals surface area contributed by atoms with Crippen LogP contribution < -0.4 is 20.1 Å². The fourth-order valence-electron chi connectivity index (χ4n) is 4.82. The van der Waals surface area contributed by atoms with Gasteiger partial charge in [0.25, 0.3) is 11.8 Å². The highest BCUT2D eigenvalue weighted by Crippen LogP contribution is 2.30. The van der Waals surface area contributed by atoms with Gasteiger partial charge in [-0.05, 0) is 97.1 Å². The molecule has 0 spiro atoms. The Bertz CT molecular complexity index is 2440. The average Bonchev–Trinajstić information content (AvgIpc) is 3.19. The number of para-hydroxylation sites is 1. The van der Waals surface area contributed by atoms with E-state index in [9.17, 15) is 28.0 Å². The van der Waals surface area contributed by atoms with Gasteiger partial charge in [-0.3, -0.25) is 19.2 Å². The number of carbonyl (C=O) groups is 4. The summed E-state index contributed by atoms with van der Waals surface area (Å²) in [4.78, 5) is 47.0. The Balaban J connectivity index is 0.000000224. The lowest BCUT2D eigenvalue weighted by Crippen LogP contribution is -2.12. The molecule has 9 nitrogen and oxygen atoms in total. The summed E-state index contributed by atoms with van der Waals surface area (Å²) < 4.78 is 39.6. The standard InChI is InChI=1S/C23H16Cl2FNO5.C19H12Cl2FNO2/c24-17-7-3-14(11-18(17)25)23(31)27-15-4-9-21(19(26)12-15)32-16-5-1-13(2-6-16)20(28)8-10-22(29)30;20-15-8-6-12(10-16(15)21)19(24)23-13-7-9-18(17(22)11-13)25-14-4-2-1-3-5-14/h1-7,9,11-12H,8,10H2,(H,27,31)(H,29,30);1-11H,(H,23,24). The number of ketones is 1. The zero-order chi connectivity index (χ0) is 41.1. The zero-order valence-electron chi connectivity index (χ0n) is 29.2. The van der Waals surface area contributed by atoms with Gasteiger partial charge in [0.2, 0.25) is 0 Å². The lowest BCUT2D eigenvalue weighted by atomic mass is 10.1. The number of amides is 2. The minimum absolute atomic E-state index is 0.0683. The second-order valence-corrected chi connectivity index (χ2v) is 13.4. The zero-order valence-corrected chi connectivity index (χ0v) is 32.2. The summed E-state index contributed by atoms with van der Waals surface area (Å²) in [6.45, 7) is 0. The van der Waals surface area contributed by atoms with Crippen LogP contribution in [0.4, 0.5) is 20.2 Å². The number of anilines is 2. The van der Waals surface area contributed by atoms with Gasteiger partial charge in [-0.2, -0.15) is 0 Å². The van der Waals surface area contributed by atoms with Crippen molar-refractivity contribution in [2.45, 2.75) is 12.8 Å². The van der Waals surface area contributed by atoms with Gasteiger partial charge in [-0.1, -0.05) is 64.6 Å². The molecule has 0 heterocycles. The van der Waals surface area contributed by atoms with Crippen LogP contribution in [0.5, 0.6) is 23.0 Å². The van der Waals surface area contributed by atoms with Gasteiger partial charge < -0.3 is 25.2 Å². The van der Waals surface area contributed by atoms with E-state index >= 15 is 0 Å². The maximum atomic E-state index is 14.5. The van der Waals surface area contributed by atoms with E-state index in [4.69, 9.17) is 61.0 Å². The molecule has 2 amide bonds. The van der Waals surface area contributed by atoms with Crippen molar-refractivity contribution in [2.24, 2.45) is 0 Å². The first kappa shape index (κ1) is 42.2. The molecule has 0 saturated heterocycles. The molecule has 15 heteroatoms. The van der Waals surface area contributed by atoms with Crippen LogP contribution >= 0.6 is 46.4 Å². The van der Waals surface area contributed by atoms with E-state index in [-0.39, 0.29) is 57.2 Å². The maximum absolute atomic E-state index is 14.5. The van der Waals surface area contributed by atoms with Crippen LogP contribution in [0.2, 0.25) is 20.1 Å². The summed E-state index contributed by atoms with van der Waals surface area (Å²) in [5, 5.41) is 15.0. The van der Waals surface area contributed by atoms with Crippen LogP contribution in [-0.4, -0.2) is 28.7 Å². The topological polar surface area (TPSA) is 131 Å². The van der Waals surface area contributed by atoms with Gasteiger partial charge in [0.15, 0.2) is 28.9 Å². The lowest BCUT2D eigenvalue weighted by molar-refractivity contribution is -0.136. The van der Waals surface area contributed by atoms with Crippen LogP contribution in [0.15, 0.2) is 127 Å². The van der Waals surface area contributed by atoms with Crippen molar-refractivity contribution in [1.82, 2.24) is 0 Å². The Morgan fingerprint density at radius 1 is 0.509 bits per heavy atom. The number of carbonyl (C=O) groups excluding carboxylic acids is 3. The van der Waals surface area contributed by atoms with Crippen molar-refractivity contribution in [3.63, 3.8) is 0 Å². The van der Waals surface area contributed by atoms with E-state index in [0.717, 1.165) is 6.07 Å². The first-order chi connectivity index (χ1) is 27.2. The molecular weight excluding hydrogens is 824 g/mol. The number of rotatable bonds is 12. The third-order valence-corrected chi connectivity index (χ3v) is 9.16. The minimum Gasteiger partial charge on any atom is -0.481 e. The largest absolute Gasteiger partial charge is 0.481 e. The monoisotopic (exact) mass is 850 g/mol. The third-order valence-electron chi connectivity index (χ3n) is 7.68. The highest BCUT2D eigenvalue weighted by atomic mass is 35.5. The molecule has 0 aliphatic carbocycles. The number of Topliss-reactive ketones (excluding diaryl/α,β-unsaturated/α-hetero) is 1. The Morgan fingerprint density at radius 3 is 1.37 bits per heavy atom. The number of aliphatic carboxylic acids is 1. The molecule has 57 heavy (non-hydrogen) atoms. The van der Waals surface area contributed by atoms with E-state index in [2.05, 4.69) is 10.6 Å². The van der Waals surface area contributed by atoms with Crippen LogP contribution in [0, 0.1) is 11.6 Å². The highest BCUT2D eigenvalue weighted by molar-refractivity contribution is 6.42. The van der Waals surface area contributed by atoms with Crippen LogP contribution in [0.25, 0.3) is 0 Å². The van der Waals surface area contributed by atoms with Crippen LogP contribution in [-0.2, 0) is 4.79 Å². The molecule has 0 aliphatic rings. The summed E-state index contributed by atoms with van der Waals surface area (Å²) in [7, 11) is 0. The molecule has 0 aromatic heterocycles. The number of carboxylic acid groups (broad SMARTS) is 1. The number of hydrogen-bond donors (Lipinski definition) is 3. The first-order valence-corrected chi connectivity index (χ1v) is 18.1. The Kier molecular flexibility index (Phi) is 14.6. The van der Waals surface area contributed by atoms with E-state index in [1.54, 1.807) is 30.3 Å². The Morgan fingerprint density at radius 2 is 0.947 bits per heavy atom. The quantitative estimate of drug-likeness (QED) is 0.104. The molecule has 290 valence electrons. The van der Waals surface area contributed by atoms with Crippen LogP contribution in [0.3, 0.4) is 0 Å². The van der Waals surface area contributed by atoms with Gasteiger partial charge >= 0.3 is 5.97 Å². The Hall–Kier alpha value is -5.98. The molecule has 0 atom stereocenters. The number of hydrogen-bond acceptors (Lipinski definition) is 6. The second-order valence-electron chi connectivity index (χ2n) is 11.8. The number of benzene rings is 6. The van der Waals surface area contributed by atoms with Gasteiger partial charge in [-0.15, -0.1) is 0 Å². The normalized spacial score (nSPS) is 10.4. The van der Waals surface area contributed by atoms with Crippen molar-refractivity contribution in [3.8, 4) is 23.0 Å².